The normalized spacial score (nSPS) is 16.2. The third-order valence-electron chi connectivity index (χ3n) is 3.44. The van der Waals surface area contributed by atoms with Crippen LogP contribution in [0.1, 0.15) is 17.5 Å². The van der Waals surface area contributed by atoms with E-state index in [2.05, 4.69) is 21.6 Å². The van der Waals surface area contributed by atoms with Crippen molar-refractivity contribution in [2.75, 3.05) is 38.0 Å². The zero-order chi connectivity index (χ0) is 14.4. The molecule has 1 amide bonds. The minimum Gasteiger partial charge on any atom is -0.325 e. The number of hydrogen-bond acceptors (Lipinski definition) is 4. The average Bonchev–Trinajstić information content (AvgIpc) is 2.70. The standard InChI is InChI=1S/C15H20N4O/c1-12-3-4-13(10-16)9-14(12)18-15(20)11-19-7-2-5-17-6-8-19/h3-4,9,17H,2,5-8,11H2,1H3,(H,18,20). The smallest absolute Gasteiger partial charge is 0.238 e. The lowest BCUT2D eigenvalue weighted by molar-refractivity contribution is -0.117. The molecule has 0 atom stereocenters. The van der Waals surface area contributed by atoms with E-state index in [0.717, 1.165) is 43.9 Å². The Morgan fingerprint density at radius 2 is 2.30 bits per heavy atom. The Morgan fingerprint density at radius 3 is 3.10 bits per heavy atom. The van der Waals surface area contributed by atoms with Crippen molar-refractivity contribution < 1.29 is 4.79 Å². The molecule has 106 valence electrons. The molecule has 0 saturated carbocycles. The van der Waals surface area contributed by atoms with Gasteiger partial charge in [0.05, 0.1) is 18.2 Å². The number of anilines is 1. The van der Waals surface area contributed by atoms with Crippen molar-refractivity contribution in [3.63, 3.8) is 0 Å². The highest BCUT2D eigenvalue weighted by Gasteiger charge is 2.13. The summed E-state index contributed by atoms with van der Waals surface area (Å²) in [6.45, 7) is 6.10. The lowest BCUT2D eigenvalue weighted by atomic mass is 10.1. The maximum atomic E-state index is 12.1. The molecule has 0 spiro atoms. The molecule has 0 radical (unpaired) electrons. The summed E-state index contributed by atoms with van der Waals surface area (Å²) in [6, 6.07) is 7.41. The van der Waals surface area contributed by atoms with Crippen LogP contribution < -0.4 is 10.6 Å². The fourth-order valence-electron chi connectivity index (χ4n) is 2.28. The fraction of sp³-hybridized carbons (Fsp3) is 0.467. The van der Waals surface area contributed by atoms with Gasteiger partial charge in [-0.05, 0) is 44.1 Å². The second kappa shape index (κ2) is 7.04. The number of carbonyl (C=O) groups excluding carboxylic acids is 1. The first-order valence-electron chi connectivity index (χ1n) is 6.93. The molecule has 5 heteroatoms. The van der Waals surface area contributed by atoms with Gasteiger partial charge in [-0.15, -0.1) is 0 Å². The highest BCUT2D eigenvalue weighted by Crippen LogP contribution is 2.16. The molecule has 1 aliphatic rings. The van der Waals surface area contributed by atoms with E-state index in [4.69, 9.17) is 5.26 Å². The number of nitriles is 1. The van der Waals surface area contributed by atoms with Gasteiger partial charge in [0.25, 0.3) is 0 Å². The number of nitrogens with one attached hydrogen (secondary N) is 2. The summed E-state index contributed by atoms with van der Waals surface area (Å²) >= 11 is 0. The van der Waals surface area contributed by atoms with Gasteiger partial charge in [-0.1, -0.05) is 6.07 Å². The van der Waals surface area contributed by atoms with Crippen molar-refractivity contribution in [1.82, 2.24) is 10.2 Å². The largest absolute Gasteiger partial charge is 0.325 e. The Labute approximate surface area is 119 Å². The Balaban J connectivity index is 1.95. The fourth-order valence-corrected chi connectivity index (χ4v) is 2.28. The SMILES string of the molecule is Cc1ccc(C#N)cc1NC(=O)CN1CCCNCC1. The minimum absolute atomic E-state index is 0.0231. The molecule has 1 fully saturated rings. The lowest BCUT2D eigenvalue weighted by Crippen LogP contribution is -2.35. The summed E-state index contributed by atoms with van der Waals surface area (Å²) in [5, 5.41) is 15.1. The van der Waals surface area contributed by atoms with E-state index >= 15 is 0 Å². The predicted octanol–water partition coefficient (Wildman–Crippen LogP) is 1.10. The van der Waals surface area contributed by atoms with E-state index in [1.54, 1.807) is 12.1 Å². The number of hydrogen-bond donors (Lipinski definition) is 2. The van der Waals surface area contributed by atoms with E-state index in [-0.39, 0.29) is 5.91 Å². The zero-order valence-corrected chi connectivity index (χ0v) is 11.8. The maximum Gasteiger partial charge on any atom is 0.238 e. The van der Waals surface area contributed by atoms with Crippen LogP contribution in [0.25, 0.3) is 0 Å². The van der Waals surface area contributed by atoms with Crippen LogP contribution in [0.3, 0.4) is 0 Å². The first-order valence-corrected chi connectivity index (χ1v) is 6.93. The van der Waals surface area contributed by atoms with Gasteiger partial charge in [0.1, 0.15) is 0 Å². The average molecular weight is 272 g/mol. The minimum atomic E-state index is -0.0231. The molecular formula is C15H20N4O. The van der Waals surface area contributed by atoms with Crippen LogP contribution in [0.5, 0.6) is 0 Å². The van der Waals surface area contributed by atoms with Gasteiger partial charge < -0.3 is 10.6 Å². The molecule has 0 unspecified atom stereocenters. The summed E-state index contributed by atoms with van der Waals surface area (Å²) < 4.78 is 0. The number of carbonyl (C=O) groups is 1. The first-order chi connectivity index (χ1) is 9.69. The topological polar surface area (TPSA) is 68.2 Å². The number of nitrogens with zero attached hydrogens (tertiary/aromatic N) is 2. The van der Waals surface area contributed by atoms with E-state index in [9.17, 15) is 4.79 Å². The molecule has 1 aromatic carbocycles. The van der Waals surface area contributed by atoms with Crippen molar-refractivity contribution in [3.8, 4) is 6.07 Å². The van der Waals surface area contributed by atoms with Crippen molar-refractivity contribution in [2.45, 2.75) is 13.3 Å². The quantitative estimate of drug-likeness (QED) is 0.864. The Hall–Kier alpha value is -1.90. The van der Waals surface area contributed by atoms with Gasteiger partial charge in [0.15, 0.2) is 0 Å². The van der Waals surface area contributed by atoms with E-state index in [1.165, 1.54) is 0 Å². The Bertz CT molecular complexity index is 513. The summed E-state index contributed by atoms with van der Waals surface area (Å²) in [6.07, 6.45) is 1.07. The molecule has 5 nitrogen and oxygen atoms in total. The third-order valence-corrected chi connectivity index (χ3v) is 3.44. The molecule has 1 saturated heterocycles. The molecule has 1 aromatic rings. The van der Waals surface area contributed by atoms with E-state index in [0.29, 0.717) is 12.1 Å². The molecule has 0 aromatic heterocycles. The van der Waals surface area contributed by atoms with Gasteiger partial charge in [-0.2, -0.15) is 5.26 Å². The second-order valence-electron chi connectivity index (χ2n) is 5.07. The van der Waals surface area contributed by atoms with Gasteiger partial charge in [-0.25, -0.2) is 0 Å². The molecule has 2 N–H and O–H groups in total. The molecule has 0 bridgehead atoms. The molecule has 2 rings (SSSR count). The van der Waals surface area contributed by atoms with Crippen molar-refractivity contribution in [3.05, 3.63) is 29.3 Å². The lowest BCUT2D eigenvalue weighted by Gasteiger charge is -2.19. The van der Waals surface area contributed by atoms with E-state index < -0.39 is 0 Å². The van der Waals surface area contributed by atoms with Crippen LogP contribution in [0.15, 0.2) is 18.2 Å². The first kappa shape index (κ1) is 14.5. The highest BCUT2D eigenvalue weighted by atomic mass is 16.2. The molecule has 0 aliphatic carbocycles. The van der Waals surface area contributed by atoms with Crippen LogP contribution in [-0.2, 0) is 4.79 Å². The number of benzene rings is 1. The number of rotatable bonds is 3. The van der Waals surface area contributed by atoms with Gasteiger partial charge >= 0.3 is 0 Å². The summed E-state index contributed by atoms with van der Waals surface area (Å²) in [4.78, 5) is 14.2. The number of aryl methyl sites for hydroxylation is 1. The van der Waals surface area contributed by atoms with Crippen LogP contribution in [0.4, 0.5) is 5.69 Å². The second-order valence-corrected chi connectivity index (χ2v) is 5.07. The van der Waals surface area contributed by atoms with Crippen LogP contribution >= 0.6 is 0 Å². The maximum absolute atomic E-state index is 12.1. The zero-order valence-electron chi connectivity index (χ0n) is 11.8. The monoisotopic (exact) mass is 272 g/mol. The van der Waals surface area contributed by atoms with Crippen LogP contribution in [0, 0.1) is 18.3 Å². The van der Waals surface area contributed by atoms with Crippen molar-refractivity contribution >= 4 is 11.6 Å². The summed E-state index contributed by atoms with van der Waals surface area (Å²) in [5.41, 5.74) is 2.25. The molecule has 1 heterocycles. The van der Waals surface area contributed by atoms with Crippen LogP contribution in [0.2, 0.25) is 0 Å². The predicted molar refractivity (Wildman–Crippen MR) is 78.5 cm³/mol. The van der Waals surface area contributed by atoms with Gasteiger partial charge in [0.2, 0.25) is 5.91 Å². The highest BCUT2D eigenvalue weighted by molar-refractivity contribution is 5.93. The molecular weight excluding hydrogens is 252 g/mol. The summed E-state index contributed by atoms with van der Waals surface area (Å²) in [7, 11) is 0. The molecule has 1 aliphatic heterocycles. The van der Waals surface area contributed by atoms with Crippen molar-refractivity contribution in [2.24, 2.45) is 0 Å². The molecule has 20 heavy (non-hydrogen) atoms. The Morgan fingerprint density at radius 1 is 1.45 bits per heavy atom. The van der Waals surface area contributed by atoms with Crippen molar-refractivity contribution in [1.29, 1.82) is 5.26 Å². The van der Waals surface area contributed by atoms with Gasteiger partial charge in [0, 0.05) is 18.8 Å². The number of amides is 1. The van der Waals surface area contributed by atoms with Crippen LogP contribution in [-0.4, -0.2) is 43.5 Å². The summed E-state index contributed by atoms with van der Waals surface area (Å²) in [5.74, 6) is -0.0231. The third kappa shape index (κ3) is 4.05. The Kier molecular flexibility index (Phi) is 5.10. The van der Waals surface area contributed by atoms with E-state index in [1.807, 2.05) is 13.0 Å². The van der Waals surface area contributed by atoms with Gasteiger partial charge in [-0.3, -0.25) is 9.69 Å².